The van der Waals surface area contributed by atoms with Crippen molar-refractivity contribution >= 4 is 5.91 Å². The molecule has 1 aliphatic carbocycles. The highest BCUT2D eigenvalue weighted by atomic mass is 16.5. The fourth-order valence-electron chi connectivity index (χ4n) is 3.56. The van der Waals surface area contributed by atoms with Gasteiger partial charge in [0.25, 0.3) is 5.91 Å². The van der Waals surface area contributed by atoms with Crippen molar-refractivity contribution in [1.82, 2.24) is 5.32 Å². The molecule has 3 heteroatoms. The molecule has 2 aromatic carbocycles. The molecule has 1 atom stereocenters. The second-order valence-electron chi connectivity index (χ2n) is 6.81. The van der Waals surface area contributed by atoms with E-state index in [0.29, 0.717) is 0 Å². The predicted molar refractivity (Wildman–Crippen MR) is 101 cm³/mol. The number of nitrogens with one attached hydrogen (secondary N) is 1. The van der Waals surface area contributed by atoms with Gasteiger partial charge in [-0.05, 0) is 73.4 Å². The lowest BCUT2D eigenvalue weighted by molar-refractivity contribution is -0.123. The predicted octanol–water partition coefficient (Wildman–Crippen LogP) is 4.52. The van der Waals surface area contributed by atoms with Crippen LogP contribution in [0.2, 0.25) is 0 Å². The van der Waals surface area contributed by atoms with E-state index in [9.17, 15) is 4.79 Å². The van der Waals surface area contributed by atoms with Crippen LogP contribution in [0.3, 0.4) is 0 Å². The zero-order chi connectivity index (χ0) is 17.6. The van der Waals surface area contributed by atoms with Crippen molar-refractivity contribution in [2.24, 2.45) is 0 Å². The highest BCUT2D eigenvalue weighted by Crippen LogP contribution is 2.25. The van der Waals surface area contributed by atoms with Crippen LogP contribution in [-0.2, 0) is 17.6 Å². The number of fused-ring (bicyclic) bond motifs is 1. The number of ether oxygens (including phenoxy) is 1. The van der Waals surface area contributed by atoms with Gasteiger partial charge >= 0.3 is 0 Å². The maximum atomic E-state index is 12.3. The number of hydrogen-bond donors (Lipinski definition) is 1. The van der Waals surface area contributed by atoms with Crippen molar-refractivity contribution < 1.29 is 9.53 Å². The molecule has 25 heavy (non-hydrogen) atoms. The Balaban J connectivity index is 1.58. The van der Waals surface area contributed by atoms with Gasteiger partial charge in [-0.1, -0.05) is 37.3 Å². The Morgan fingerprint density at radius 2 is 1.88 bits per heavy atom. The molecule has 1 N–H and O–H groups in total. The lowest BCUT2D eigenvalue weighted by Gasteiger charge is -2.20. The summed E-state index contributed by atoms with van der Waals surface area (Å²) in [7, 11) is 0. The van der Waals surface area contributed by atoms with Crippen molar-refractivity contribution in [3.05, 3.63) is 64.7 Å². The fourth-order valence-corrected chi connectivity index (χ4v) is 3.56. The molecule has 1 aliphatic rings. The van der Waals surface area contributed by atoms with Crippen molar-refractivity contribution in [2.45, 2.75) is 52.0 Å². The average Bonchev–Trinajstić information content (AvgIpc) is 2.65. The normalized spacial score (nSPS) is 14.5. The Bertz CT molecular complexity index is 739. The second kappa shape index (κ2) is 8.19. The molecule has 0 aliphatic heterocycles. The van der Waals surface area contributed by atoms with Crippen LogP contribution < -0.4 is 10.1 Å². The quantitative estimate of drug-likeness (QED) is 0.841. The summed E-state index contributed by atoms with van der Waals surface area (Å²) in [6.07, 6.45) is 5.64. The standard InChI is InChI=1S/C22H27NO2/c1-3-21(20-11-7-4-8-16(20)2)23-22(24)15-25-19-13-12-17-9-5-6-10-18(17)14-19/h4,7-8,11-14,21H,3,5-6,9-10,15H2,1-2H3,(H,23,24). The van der Waals surface area contributed by atoms with Crippen LogP contribution >= 0.6 is 0 Å². The Hall–Kier alpha value is -2.29. The number of hydrogen-bond acceptors (Lipinski definition) is 2. The molecule has 0 spiro atoms. The molecule has 0 aromatic heterocycles. The molecule has 0 saturated heterocycles. The lowest BCUT2D eigenvalue weighted by atomic mass is 9.92. The van der Waals surface area contributed by atoms with Gasteiger partial charge in [-0.15, -0.1) is 0 Å². The highest BCUT2D eigenvalue weighted by molar-refractivity contribution is 5.78. The van der Waals surface area contributed by atoms with Gasteiger partial charge in [-0.2, -0.15) is 0 Å². The zero-order valence-electron chi connectivity index (χ0n) is 15.2. The van der Waals surface area contributed by atoms with Crippen LogP contribution in [0.1, 0.15) is 54.5 Å². The minimum Gasteiger partial charge on any atom is -0.484 e. The van der Waals surface area contributed by atoms with Crippen LogP contribution in [0, 0.1) is 6.92 Å². The Labute approximate surface area is 150 Å². The van der Waals surface area contributed by atoms with E-state index >= 15 is 0 Å². The van der Waals surface area contributed by atoms with Gasteiger partial charge in [0.15, 0.2) is 6.61 Å². The first-order valence-electron chi connectivity index (χ1n) is 9.27. The van der Waals surface area contributed by atoms with Gasteiger partial charge in [0.1, 0.15) is 5.75 Å². The van der Waals surface area contributed by atoms with E-state index in [1.807, 2.05) is 18.2 Å². The van der Waals surface area contributed by atoms with E-state index in [1.165, 1.54) is 35.1 Å². The smallest absolute Gasteiger partial charge is 0.258 e. The topological polar surface area (TPSA) is 38.3 Å². The fraction of sp³-hybridized carbons (Fsp3) is 0.409. The molecular weight excluding hydrogens is 310 g/mol. The van der Waals surface area contributed by atoms with Gasteiger partial charge in [-0.3, -0.25) is 4.79 Å². The van der Waals surface area contributed by atoms with Crippen LogP contribution in [0.5, 0.6) is 5.75 Å². The molecule has 0 heterocycles. The summed E-state index contributed by atoms with van der Waals surface area (Å²) in [5, 5.41) is 3.09. The first-order valence-corrected chi connectivity index (χ1v) is 9.27. The Morgan fingerprint density at radius 1 is 1.12 bits per heavy atom. The van der Waals surface area contributed by atoms with Crippen molar-refractivity contribution in [3.63, 3.8) is 0 Å². The van der Waals surface area contributed by atoms with E-state index in [0.717, 1.165) is 25.0 Å². The van der Waals surface area contributed by atoms with Gasteiger partial charge in [0.2, 0.25) is 0 Å². The maximum absolute atomic E-state index is 12.3. The largest absolute Gasteiger partial charge is 0.484 e. The lowest BCUT2D eigenvalue weighted by Crippen LogP contribution is -2.32. The van der Waals surface area contributed by atoms with E-state index in [-0.39, 0.29) is 18.6 Å². The van der Waals surface area contributed by atoms with Crippen LogP contribution in [-0.4, -0.2) is 12.5 Å². The number of benzene rings is 2. The van der Waals surface area contributed by atoms with Gasteiger partial charge < -0.3 is 10.1 Å². The molecular formula is C22H27NO2. The van der Waals surface area contributed by atoms with Crippen molar-refractivity contribution in [3.8, 4) is 5.75 Å². The molecule has 0 saturated carbocycles. The molecule has 0 radical (unpaired) electrons. The molecule has 132 valence electrons. The number of rotatable bonds is 6. The summed E-state index contributed by atoms with van der Waals surface area (Å²) < 4.78 is 5.73. The number of aryl methyl sites for hydroxylation is 3. The summed E-state index contributed by atoms with van der Waals surface area (Å²) in [4.78, 5) is 12.3. The third-order valence-corrected chi connectivity index (χ3v) is 5.00. The van der Waals surface area contributed by atoms with Crippen LogP contribution in [0.4, 0.5) is 0 Å². The van der Waals surface area contributed by atoms with Gasteiger partial charge in [0, 0.05) is 0 Å². The molecule has 0 fully saturated rings. The summed E-state index contributed by atoms with van der Waals surface area (Å²) in [6, 6.07) is 14.4. The zero-order valence-corrected chi connectivity index (χ0v) is 15.2. The molecule has 3 rings (SSSR count). The summed E-state index contributed by atoms with van der Waals surface area (Å²) in [5.74, 6) is 0.715. The Kier molecular flexibility index (Phi) is 5.75. The molecule has 1 amide bonds. The number of carbonyl (C=O) groups is 1. The molecule has 1 unspecified atom stereocenters. The Morgan fingerprint density at radius 3 is 2.64 bits per heavy atom. The van der Waals surface area contributed by atoms with Gasteiger partial charge in [-0.25, -0.2) is 0 Å². The van der Waals surface area contributed by atoms with E-state index < -0.39 is 0 Å². The van der Waals surface area contributed by atoms with Crippen molar-refractivity contribution in [1.29, 1.82) is 0 Å². The third-order valence-electron chi connectivity index (χ3n) is 5.00. The van der Waals surface area contributed by atoms with E-state index in [4.69, 9.17) is 4.74 Å². The first-order chi connectivity index (χ1) is 12.2. The van der Waals surface area contributed by atoms with Crippen LogP contribution in [0.15, 0.2) is 42.5 Å². The molecule has 0 bridgehead atoms. The minimum absolute atomic E-state index is 0.0285. The summed E-state index contributed by atoms with van der Waals surface area (Å²) in [6.45, 7) is 4.22. The average molecular weight is 337 g/mol. The maximum Gasteiger partial charge on any atom is 0.258 e. The molecule has 3 nitrogen and oxygen atoms in total. The summed E-state index contributed by atoms with van der Waals surface area (Å²) in [5.41, 5.74) is 5.17. The third kappa shape index (κ3) is 4.41. The monoisotopic (exact) mass is 337 g/mol. The van der Waals surface area contributed by atoms with Crippen LogP contribution in [0.25, 0.3) is 0 Å². The second-order valence-corrected chi connectivity index (χ2v) is 6.81. The van der Waals surface area contributed by atoms with E-state index in [1.54, 1.807) is 0 Å². The summed E-state index contributed by atoms with van der Waals surface area (Å²) >= 11 is 0. The highest BCUT2D eigenvalue weighted by Gasteiger charge is 2.15. The number of amides is 1. The first kappa shape index (κ1) is 17.5. The molecule has 2 aromatic rings. The SMILES string of the molecule is CCC(NC(=O)COc1ccc2c(c1)CCCC2)c1ccccc1C. The van der Waals surface area contributed by atoms with Crippen molar-refractivity contribution in [2.75, 3.05) is 6.61 Å². The minimum atomic E-state index is -0.0761. The van der Waals surface area contributed by atoms with Gasteiger partial charge in [0.05, 0.1) is 6.04 Å². The van der Waals surface area contributed by atoms with E-state index in [2.05, 4.69) is 43.4 Å². The number of carbonyl (C=O) groups excluding carboxylic acids is 1.